The monoisotopic (exact) mass is 236 g/mol. The van der Waals surface area contributed by atoms with Crippen molar-refractivity contribution in [1.82, 2.24) is 0 Å². The summed E-state index contributed by atoms with van der Waals surface area (Å²) in [6.45, 7) is 4.16. The Morgan fingerprint density at radius 2 is 1.67 bits per heavy atom. The van der Waals surface area contributed by atoms with Gasteiger partial charge in [-0.2, -0.15) is 0 Å². The van der Waals surface area contributed by atoms with Gasteiger partial charge in [0.25, 0.3) is 0 Å². The fourth-order valence-electron chi connectivity index (χ4n) is 1.26. The molecule has 0 fully saturated rings. The molecule has 0 saturated heterocycles. The van der Waals surface area contributed by atoms with E-state index in [1.165, 1.54) is 12.1 Å². The maximum Gasteiger partial charge on any atom is 1.00 e. The zero-order valence-electron chi connectivity index (χ0n) is 9.23. The van der Waals surface area contributed by atoms with Crippen LogP contribution in [0.1, 0.15) is 19.4 Å². The first kappa shape index (κ1) is 15.1. The van der Waals surface area contributed by atoms with Crippen LogP contribution in [-0.4, -0.2) is 13.0 Å². The summed E-state index contributed by atoms with van der Waals surface area (Å²) in [7, 11) is -4.30. The molecule has 1 aromatic rings. The van der Waals surface area contributed by atoms with Crippen LogP contribution < -0.4 is 29.6 Å². The van der Waals surface area contributed by atoms with E-state index >= 15 is 0 Å². The Kier molecular flexibility index (Phi) is 6.06. The molecule has 0 spiro atoms. The molecule has 3 nitrogen and oxygen atoms in total. The Hall–Kier alpha value is 0.130. The summed E-state index contributed by atoms with van der Waals surface area (Å²) in [4.78, 5) is -0.162. The minimum Gasteiger partial charge on any atom is -0.744 e. The molecule has 0 bridgehead atoms. The number of rotatable bonds is 3. The van der Waals surface area contributed by atoms with Gasteiger partial charge in [0.1, 0.15) is 10.1 Å². The standard InChI is InChI=1S/C10H14O3S.Na/c1-8(2)7-9-3-5-10(6-4-9)14(11,12)13;/h3-6,8H,7H2,1-2H3,(H,11,12,13);/q;+1/p-1. The Morgan fingerprint density at radius 1 is 1.20 bits per heavy atom. The van der Waals surface area contributed by atoms with Gasteiger partial charge in [-0.05, 0) is 30.0 Å². The second kappa shape index (κ2) is 6.01. The average molecular weight is 236 g/mol. The molecule has 0 aliphatic heterocycles. The van der Waals surface area contributed by atoms with E-state index in [0.717, 1.165) is 12.0 Å². The average Bonchev–Trinajstić information content (AvgIpc) is 2.02. The van der Waals surface area contributed by atoms with E-state index in [1.54, 1.807) is 12.1 Å². The van der Waals surface area contributed by atoms with Crippen LogP contribution in [0.2, 0.25) is 0 Å². The molecule has 0 unspecified atom stereocenters. The van der Waals surface area contributed by atoms with E-state index in [4.69, 9.17) is 0 Å². The maximum atomic E-state index is 10.6. The third kappa shape index (κ3) is 5.13. The van der Waals surface area contributed by atoms with Crippen LogP contribution in [0.5, 0.6) is 0 Å². The molecule has 0 saturated carbocycles. The molecule has 0 aliphatic carbocycles. The third-order valence-electron chi connectivity index (χ3n) is 1.86. The van der Waals surface area contributed by atoms with Gasteiger partial charge in [0, 0.05) is 0 Å². The molecule has 1 aromatic carbocycles. The molecule has 0 atom stereocenters. The van der Waals surface area contributed by atoms with E-state index < -0.39 is 10.1 Å². The quantitative estimate of drug-likeness (QED) is 0.489. The Bertz CT molecular complexity index is 395. The molecule has 0 N–H and O–H groups in total. The molecule has 0 heterocycles. The minimum absolute atomic E-state index is 0. The van der Waals surface area contributed by atoms with E-state index in [0.29, 0.717) is 5.92 Å². The second-order valence-electron chi connectivity index (χ2n) is 3.70. The van der Waals surface area contributed by atoms with E-state index in [2.05, 4.69) is 13.8 Å². The van der Waals surface area contributed by atoms with Crippen molar-refractivity contribution in [3.8, 4) is 0 Å². The Balaban J connectivity index is 0.00000196. The molecule has 0 aliphatic rings. The van der Waals surface area contributed by atoms with E-state index in [-0.39, 0.29) is 34.5 Å². The van der Waals surface area contributed by atoms with Crippen molar-refractivity contribution >= 4 is 10.1 Å². The predicted molar refractivity (Wildman–Crippen MR) is 52.9 cm³/mol. The molecular formula is C10H13NaO3S. The number of benzene rings is 1. The first-order valence-electron chi connectivity index (χ1n) is 4.44. The van der Waals surface area contributed by atoms with Gasteiger partial charge in [0.05, 0.1) is 4.90 Å². The summed E-state index contributed by atoms with van der Waals surface area (Å²) in [5.41, 5.74) is 1.05. The van der Waals surface area contributed by atoms with Crippen molar-refractivity contribution in [3.05, 3.63) is 29.8 Å². The van der Waals surface area contributed by atoms with Gasteiger partial charge in [-0.3, -0.25) is 0 Å². The van der Waals surface area contributed by atoms with Crippen LogP contribution in [0.3, 0.4) is 0 Å². The Morgan fingerprint density at radius 3 is 2.00 bits per heavy atom. The van der Waals surface area contributed by atoms with Crippen LogP contribution in [0.25, 0.3) is 0 Å². The van der Waals surface area contributed by atoms with Crippen molar-refractivity contribution < 1.29 is 42.5 Å². The molecule has 0 radical (unpaired) electrons. The molecule has 5 heteroatoms. The number of hydrogen-bond donors (Lipinski definition) is 0. The van der Waals surface area contributed by atoms with Gasteiger partial charge in [-0.1, -0.05) is 26.0 Å². The van der Waals surface area contributed by atoms with Gasteiger partial charge in [0.2, 0.25) is 0 Å². The summed E-state index contributed by atoms with van der Waals surface area (Å²) >= 11 is 0. The van der Waals surface area contributed by atoms with Gasteiger partial charge in [-0.25, -0.2) is 8.42 Å². The van der Waals surface area contributed by atoms with Crippen LogP contribution >= 0.6 is 0 Å². The fraction of sp³-hybridized carbons (Fsp3) is 0.400. The Labute approximate surface area is 113 Å². The topological polar surface area (TPSA) is 57.2 Å². The van der Waals surface area contributed by atoms with E-state index in [9.17, 15) is 13.0 Å². The van der Waals surface area contributed by atoms with E-state index in [1.807, 2.05) is 0 Å². The van der Waals surface area contributed by atoms with Crippen molar-refractivity contribution in [1.29, 1.82) is 0 Å². The first-order chi connectivity index (χ1) is 6.39. The van der Waals surface area contributed by atoms with Crippen molar-refractivity contribution in [2.75, 3.05) is 0 Å². The summed E-state index contributed by atoms with van der Waals surface area (Å²) < 4.78 is 31.8. The SMILES string of the molecule is CC(C)Cc1ccc(S(=O)(=O)[O-])cc1.[Na+]. The van der Waals surface area contributed by atoms with Crippen molar-refractivity contribution in [3.63, 3.8) is 0 Å². The summed E-state index contributed by atoms with van der Waals surface area (Å²) in [6.07, 6.45) is 0.888. The van der Waals surface area contributed by atoms with Gasteiger partial charge >= 0.3 is 29.6 Å². The van der Waals surface area contributed by atoms with Crippen LogP contribution in [-0.2, 0) is 16.5 Å². The largest absolute Gasteiger partial charge is 1.00 e. The second-order valence-corrected chi connectivity index (χ2v) is 5.08. The predicted octanol–water partition coefficient (Wildman–Crippen LogP) is -1.21. The first-order valence-corrected chi connectivity index (χ1v) is 5.85. The summed E-state index contributed by atoms with van der Waals surface area (Å²) in [5.74, 6) is 0.518. The molecule has 15 heavy (non-hydrogen) atoms. The van der Waals surface area contributed by atoms with Crippen LogP contribution in [0.4, 0.5) is 0 Å². The smallest absolute Gasteiger partial charge is 0.744 e. The normalized spacial score (nSPS) is 11.2. The van der Waals surface area contributed by atoms with Gasteiger partial charge < -0.3 is 4.55 Å². The van der Waals surface area contributed by atoms with Gasteiger partial charge in [-0.15, -0.1) is 0 Å². The number of hydrogen-bond acceptors (Lipinski definition) is 3. The summed E-state index contributed by atoms with van der Waals surface area (Å²) in [6, 6.07) is 6.09. The molecule has 1 rings (SSSR count). The zero-order valence-corrected chi connectivity index (χ0v) is 12.0. The van der Waals surface area contributed by atoms with Crippen LogP contribution in [0, 0.1) is 5.92 Å². The van der Waals surface area contributed by atoms with Crippen molar-refractivity contribution in [2.24, 2.45) is 5.92 Å². The molecule has 78 valence electrons. The van der Waals surface area contributed by atoms with Gasteiger partial charge in [0.15, 0.2) is 0 Å². The fourth-order valence-corrected chi connectivity index (χ4v) is 1.73. The third-order valence-corrected chi connectivity index (χ3v) is 2.71. The van der Waals surface area contributed by atoms with Crippen LogP contribution in [0.15, 0.2) is 29.2 Å². The molecule has 0 aromatic heterocycles. The maximum absolute atomic E-state index is 10.6. The summed E-state index contributed by atoms with van der Waals surface area (Å²) in [5, 5.41) is 0. The van der Waals surface area contributed by atoms with Crippen molar-refractivity contribution in [2.45, 2.75) is 25.2 Å². The minimum atomic E-state index is -4.30. The molecular weight excluding hydrogens is 223 g/mol. The molecule has 0 amide bonds. The zero-order chi connectivity index (χ0) is 10.8.